The van der Waals surface area contributed by atoms with Crippen molar-refractivity contribution in [2.75, 3.05) is 7.11 Å². The molecule has 0 aromatic rings. The van der Waals surface area contributed by atoms with E-state index < -0.39 is 6.10 Å². The Morgan fingerprint density at radius 2 is 2.06 bits per heavy atom. The maximum absolute atomic E-state index is 9.90. The normalized spacial score (nSPS) is 31.2. The second-order valence-corrected chi connectivity index (χ2v) is 4.55. The molecule has 1 fully saturated rings. The van der Waals surface area contributed by atoms with Gasteiger partial charge in [-0.05, 0) is 13.3 Å². The summed E-state index contributed by atoms with van der Waals surface area (Å²) < 4.78 is 10.9. The van der Waals surface area contributed by atoms with E-state index in [9.17, 15) is 5.11 Å². The molecule has 1 heterocycles. The first-order chi connectivity index (χ1) is 7.56. The smallest absolute Gasteiger partial charge is 0.112 e. The molecule has 0 unspecified atom stereocenters. The Labute approximate surface area is 98.1 Å². The number of hydrogen-bond acceptors (Lipinski definition) is 3. The molecule has 1 rings (SSSR count). The number of hydrogen-bond donors (Lipinski definition) is 1. The van der Waals surface area contributed by atoms with Gasteiger partial charge in [-0.15, -0.1) is 12.3 Å². The van der Waals surface area contributed by atoms with Crippen LogP contribution in [0.25, 0.3) is 0 Å². The van der Waals surface area contributed by atoms with E-state index in [-0.39, 0.29) is 24.2 Å². The predicted octanol–water partition coefficient (Wildman–Crippen LogP) is 1.45. The molecule has 0 bridgehead atoms. The van der Waals surface area contributed by atoms with Gasteiger partial charge in [0.1, 0.15) is 6.10 Å². The van der Waals surface area contributed by atoms with Gasteiger partial charge in [-0.1, -0.05) is 13.8 Å². The summed E-state index contributed by atoms with van der Waals surface area (Å²) in [4.78, 5) is 0. The Bertz CT molecular complexity index is 254. The van der Waals surface area contributed by atoms with E-state index in [1.54, 1.807) is 7.11 Å². The van der Waals surface area contributed by atoms with Gasteiger partial charge in [0, 0.05) is 18.9 Å². The quantitative estimate of drug-likeness (QED) is 0.550. The van der Waals surface area contributed by atoms with E-state index in [1.165, 1.54) is 0 Å². The zero-order valence-electron chi connectivity index (χ0n) is 10.5. The standard InChI is InChI=1S/C13H22O3/c1-6-8(3)11(14)13-12(16-13)9(4)10(7-2)15-5/h1,8-14H,7H2,2-5H3/t8-,9-,10+,11-,12+,13+/m1/s1. The van der Waals surface area contributed by atoms with Crippen LogP contribution < -0.4 is 0 Å². The molecule has 1 aliphatic heterocycles. The summed E-state index contributed by atoms with van der Waals surface area (Å²) in [6.07, 6.45) is 5.81. The van der Waals surface area contributed by atoms with E-state index in [1.807, 2.05) is 6.92 Å². The average molecular weight is 226 g/mol. The highest BCUT2D eigenvalue weighted by atomic mass is 16.6. The number of epoxide rings is 1. The van der Waals surface area contributed by atoms with Crippen LogP contribution in [0.15, 0.2) is 0 Å². The van der Waals surface area contributed by atoms with Crippen LogP contribution in [0.2, 0.25) is 0 Å². The van der Waals surface area contributed by atoms with Crippen LogP contribution in [-0.4, -0.2) is 36.6 Å². The van der Waals surface area contributed by atoms with E-state index in [0.717, 1.165) is 6.42 Å². The summed E-state index contributed by atoms with van der Waals surface area (Å²) in [5.41, 5.74) is 0. The lowest BCUT2D eigenvalue weighted by molar-refractivity contribution is 0.0445. The summed E-state index contributed by atoms with van der Waals surface area (Å²) >= 11 is 0. The highest BCUT2D eigenvalue weighted by molar-refractivity contribution is 5.04. The summed E-state index contributed by atoms with van der Waals surface area (Å²) in [6, 6.07) is 0. The first kappa shape index (κ1) is 13.5. The monoisotopic (exact) mass is 226 g/mol. The molecule has 3 nitrogen and oxygen atoms in total. The predicted molar refractivity (Wildman–Crippen MR) is 62.9 cm³/mol. The van der Waals surface area contributed by atoms with Gasteiger partial charge in [0.05, 0.1) is 18.3 Å². The molecule has 1 saturated heterocycles. The van der Waals surface area contributed by atoms with Crippen molar-refractivity contribution in [1.82, 2.24) is 0 Å². The molecule has 16 heavy (non-hydrogen) atoms. The minimum absolute atomic E-state index is 0.0794. The maximum atomic E-state index is 9.90. The lowest BCUT2D eigenvalue weighted by Crippen LogP contribution is -2.30. The molecule has 0 spiro atoms. The van der Waals surface area contributed by atoms with Crippen molar-refractivity contribution in [1.29, 1.82) is 0 Å². The number of methoxy groups -OCH3 is 1. The Kier molecular flexibility index (Phi) is 4.79. The topological polar surface area (TPSA) is 42.0 Å². The summed E-state index contributed by atoms with van der Waals surface area (Å²) in [5, 5.41) is 9.90. The number of terminal acetylenes is 1. The Morgan fingerprint density at radius 3 is 2.50 bits per heavy atom. The van der Waals surface area contributed by atoms with E-state index in [4.69, 9.17) is 15.9 Å². The fourth-order valence-electron chi connectivity index (χ4n) is 2.18. The van der Waals surface area contributed by atoms with Crippen molar-refractivity contribution in [2.45, 2.75) is 51.6 Å². The van der Waals surface area contributed by atoms with E-state index in [2.05, 4.69) is 19.8 Å². The largest absolute Gasteiger partial charge is 0.389 e. The van der Waals surface area contributed by atoms with Gasteiger partial charge in [-0.2, -0.15) is 0 Å². The fraction of sp³-hybridized carbons (Fsp3) is 0.846. The van der Waals surface area contributed by atoms with E-state index >= 15 is 0 Å². The fourth-order valence-corrected chi connectivity index (χ4v) is 2.18. The van der Waals surface area contributed by atoms with Crippen molar-refractivity contribution in [3.05, 3.63) is 0 Å². The third kappa shape index (κ3) is 2.76. The molecule has 3 heteroatoms. The summed E-state index contributed by atoms with van der Waals surface area (Å²) in [6.45, 7) is 6.01. The Morgan fingerprint density at radius 1 is 1.44 bits per heavy atom. The second kappa shape index (κ2) is 5.67. The molecular weight excluding hydrogens is 204 g/mol. The van der Waals surface area contributed by atoms with Gasteiger partial charge in [0.25, 0.3) is 0 Å². The lowest BCUT2D eigenvalue weighted by atomic mass is 9.92. The molecule has 92 valence electrons. The molecule has 1 N–H and O–H groups in total. The van der Waals surface area contributed by atoms with Crippen LogP contribution in [0.4, 0.5) is 0 Å². The van der Waals surface area contributed by atoms with Crippen molar-refractivity contribution < 1.29 is 14.6 Å². The van der Waals surface area contributed by atoms with Crippen molar-refractivity contribution in [3.63, 3.8) is 0 Å². The van der Waals surface area contributed by atoms with Crippen molar-refractivity contribution >= 4 is 0 Å². The minimum atomic E-state index is -0.563. The molecule has 0 amide bonds. The first-order valence-electron chi connectivity index (χ1n) is 5.89. The van der Waals surface area contributed by atoms with Gasteiger partial charge in [0.15, 0.2) is 0 Å². The molecule has 0 aromatic carbocycles. The number of aliphatic hydroxyl groups is 1. The highest BCUT2D eigenvalue weighted by Crippen LogP contribution is 2.37. The highest BCUT2D eigenvalue weighted by Gasteiger charge is 2.50. The molecule has 0 aliphatic carbocycles. The molecule has 1 aliphatic rings. The SMILES string of the molecule is C#C[C@@H](C)[C@@H](O)[C@@H]1O[C@H]1[C@H](C)[C@H](CC)OC. The zero-order chi connectivity index (χ0) is 12.3. The van der Waals surface area contributed by atoms with Crippen LogP contribution in [0.5, 0.6) is 0 Å². The zero-order valence-corrected chi connectivity index (χ0v) is 10.5. The van der Waals surface area contributed by atoms with Crippen LogP contribution >= 0.6 is 0 Å². The number of rotatable bonds is 6. The summed E-state index contributed by atoms with van der Waals surface area (Å²) in [7, 11) is 1.71. The van der Waals surface area contributed by atoms with Crippen LogP contribution in [0.1, 0.15) is 27.2 Å². The summed E-state index contributed by atoms with van der Waals surface area (Å²) in [5.74, 6) is 2.67. The number of aliphatic hydroxyl groups excluding tert-OH is 1. The Hall–Kier alpha value is -0.560. The Balaban J connectivity index is 2.47. The molecular formula is C13H22O3. The number of ether oxygens (including phenoxy) is 2. The third-order valence-electron chi connectivity index (χ3n) is 3.48. The van der Waals surface area contributed by atoms with Crippen LogP contribution in [0.3, 0.4) is 0 Å². The van der Waals surface area contributed by atoms with Crippen LogP contribution in [-0.2, 0) is 9.47 Å². The van der Waals surface area contributed by atoms with Gasteiger partial charge in [0.2, 0.25) is 0 Å². The third-order valence-corrected chi connectivity index (χ3v) is 3.48. The lowest BCUT2D eigenvalue weighted by Gasteiger charge is -2.20. The van der Waals surface area contributed by atoms with Crippen LogP contribution in [0, 0.1) is 24.2 Å². The maximum Gasteiger partial charge on any atom is 0.112 e. The van der Waals surface area contributed by atoms with Crippen molar-refractivity contribution in [3.8, 4) is 12.3 Å². The molecule has 0 aromatic heterocycles. The van der Waals surface area contributed by atoms with Gasteiger partial charge >= 0.3 is 0 Å². The molecule has 0 saturated carbocycles. The first-order valence-corrected chi connectivity index (χ1v) is 5.89. The van der Waals surface area contributed by atoms with Crippen molar-refractivity contribution in [2.24, 2.45) is 11.8 Å². The molecule has 0 radical (unpaired) electrons. The molecule has 6 atom stereocenters. The van der Waals surface area contributed by atoms with Gasteiger partial charge < -0.3 is 14.6 Å². The van der Waals surface area contributed by atoms with E-state index in [0.29, 0.717) is 5.92 Å². The minimum Gasteiger partial charge on any atom is -0.389 e. The second-order valence-electron chi connectivity index (χ2n) is 4.55. The van der Waals surface area contributed by atoms with Gasteiger partial charge in [-0.25, -0.2) is 0 Å². The van der Waals surface area contributed by atoms with Gasteiger partial charge in [-0.3, -0.25) is 0 Å². The average Bonchev–Trinajstić information content (AvgIpc) is 3.08.